The largest absolute Gasteiger partial charge is 0.497 e. The number of likely N-dealkylation sites (tertiary alicyclic amines) is 1. The quantitative estimate of drug-likeness (QED) is 0.523. The van der Waals surface area contributed by atoms with Gasteiger partial charge in [-0.15, -0.1) is 0 Å². The summed E-state index contributed by atoms with van der Waals surface area (Å²) in [4.78, 5) is 9.14. The van der Waals surface area contributed by atoms with Gasteiger partial charge in [-0.25, -0.2) is 0 Å². The number of aliphatic hydroxyl groups excluding tert-OH is 1. The zero-order chi connectivity index (χ0) is 22.6. The van der Waals surface area contributed by atoms with E-state index in [0.29, 0.717) is 12.5 Å². The smallest absolute Gasteiger partial charge is 0.119 e. The fraction of sp³-hybridized carbons (Fsp3) is 0.440. The number of hydrogen-bond donors (Lipinski definition) is 2. The van der Waals surface area contributed by atoms with Crippen LogP contribution in [0.25, 0.3) is 23.2 Å². The van der Waals surface area contributed by atoms with Gasteiger partial charge >= 0.3 is 0 Å². The van der Waals surface area contributed by atoms with Gasteiger partial charge in [-0.3, -0.25) is 10.3 Å². The summed E-state index contributed by atoms with van der Waals surface area (Å²) in [5, 5.41) is 16.9. The van der Waals surface area contributed by atoms with Crippen LogP contribution in [-0.4, -0.2) is 70.8 Å². The lowest BCUT2D eigenvalue weighted by molar-refractivity contribution is 0.0844. The molecule has 7 nitrogen and oxygen atoms in total. The molecule has 0 radical (unpaired) electrons. The summed E-state index contributed by atoms with van der Waals surface area (Å²) < 4.78 is 10.9. The van der Waals surface area contributed by atoms with Crippen LogP contribution in [0.15, 0.2) is 36.7 Å². The lowest BCUT2D eigenvalue weighted by Crippen LogP contribution is -2.43. The molecule has 0 aliphatic carbocycles. The van der Waals surface area contributed by atoms with Crippen LogP contribution in [0.5, 0.6) is 5.75 Å². The molecule has 2 aliphatic rings. The van der Waals surface area contributed by atoms with Gasteiger partial charge in [-0.1, -0.05) is 0 Å². The molecular weight excluding hydrogens is 434 g/mol. The van der Waals surface area contributed by atoms with Crippen molar-refractivity contribution in [1.82, 2.24) is 24.5 Å². The normalized spacial score (nSPS) is 19.6. The minimum Gasteiger partial charge on any atom is -0.497 e. The third-order valence-corrected chi connectivity index (χ3v) is 7.39. The number of piperidine rings is 1. The van der Waals surface area contributed by atoms with Crippen molar-refractivity contribution in [2.24, 2.45) is 5.92 Å². The van der Waals surface area contributed by atoms with E-state index in [0.717, 1.165) is 61.5 Å². The summed E-state index contributed by atoms with van der Waals surface area (Å²) in [6.45, 7) is 5.43. The average molecular weight is 466 g/mol. The molecule has 2 N–H and O–H groups in total. The molecule has 0 amide bonds. The summed E-state index contributed by atoms with van der Waals surface area (Å²) in [6.07, 6.45) is 10.00. The molecule has 1 saturated heterocycles. The number of ether oxygens (including phenoxy) is 1. The summed E-state index contributed by atoms with van der Waals surface area (Å²) in [7, 11) is 1.66. The number of methoxy groups -OCH3 is 1. The van der Waals surface area contributed by atoms with Gasteiger partial charge in [0.1, 0.15) is 5.75 Å². The number of pyridine rings is 1. The molecule has 1 fully saturated rings. The first-order valence-corrected chi connectivity index (χ1v) is 12.4. The Morgan fingerprint density at radius 1 is 1.33 bits per heavy atom. The van der Waals surface area contributed by atoms with Gasteiger partial charge in [0.25, 0.3) is 0 Å². The van der Waals surface area contributed by atoms with Crippen LogP contribution in [0.1, 0.15) is 24.5 Å². The summed E-state index contributed by atoms with van der Waals surface area (Å²) >= 11 is 1.56. The molecule has 2 aromatic heterocycles. The Morgan fingerprint density at radius 2 is 2.27 bits per heavy atom. The molecule has 5 rings (SSSR count). The summed E-state index contributed by atoms with van der Waals surface area (Å²) in [6, 6.07) is 7.74. The highest BCUT2D eigenvalue weighted by Gasteiger charge is 2.23. The van der Waals surface area contributed by atoms with Gasteiger partial charge in [0.15, 0.2) is 0 Å². The van der Waals surface area contributed by atoms with Crippen LogP contribution >= 0.6 is 11.5 Å². The van der Waals surface area contributed by atoms with E-state index in [1.165, 1.54) is 16.2 Å². The van der Waals surface area contributed by atoms with E-state index in [1.54, 1.807) is 24.8 Å². The molecule has 0 saturated carbocycles. The Labute approximate surface area is 198 Å². The van der Waals surface area contributed by atoms with Crippen molar-refractivity contribution in [2.45, 2.75) is 18.9 Å². The number of aliphatic hydroxyl groups is 1. The minimum atomic E-state index is -0.554. The number of hydrogen-bond acceptors (Lipinski definition) is 8. The van der Waals surface area contributed by atoms with Crippen LogP contribution in [0.3, 0.4) is 0 Å². The van der Waals surface area contributed by atoms with Crippen molar-refractivity contribution in [2.75, 3.05) is 46.5 Å². The van der Waals surface area contributed by atoms with Gasteiger partial charge in [-0.05, 0) is 72.7 Å². The van der Waals surface area contributed by atoms with Crippen LogP contribution in [0, 0.1) is 5.92 Å². The Hall–Kier alpha value is -2.52. The van der Waals surface area contributed by atoms with Crippen molar-refractivity contribution in [1.29, 1.82) is 0 Å². The van der Waals surface area contributed by atoms with E-state index in [9.17, 15) is 5.11 Å². The average Bonchev–Trinajstić information content (AvgIpc) is 3.31. The SMILES string of the molecule is COc1ccc2nccc(C(O)CN3CCC[C@@H](CNCN4C=c5cnsc5=CC4)C3)c2c1. The van der Waals surface area contributed by atoms with Crippen LogP contribution in [0.2, 0.25) is 0 Å². The number of nitrogens with zero attached hydrogens (tertiary/aromatic N) is 4. The van der Waals surface area contributed by atoms with Gasteiger partial charge in [-0.2, -0.15) is 4.37 Å². The number of benzene rings is 1. The van der Waals surface area contributed by atoms with Gasteiger partial charge in [0, 0.05) is 55.4 Å². The molecule has 174 valence electrons. The van der Waals surface area contributed by atoms with E-state index >= 15 is 0 Å². The van der Waals surface area contributed by atoms with E-state index in [-0.39, 0.29) is 0 Å². The molecule has 3 aromatic rings. The molecular formula is C25H31N5O2S. The van der Waals surface area contributed by atoms with E-state index in [2.05, 4.69) is 36.8 Å². The summed E-state index contributed by atoms with van der Waals surface area (Å²) in [5.74, 6) is 1.37. The zero-order valence-corrected chi connectivity index (χ0v) is 19.8. The van der Waals surface area contributed by atoms with Crippen molar-refractivity contribution < 1.29 is 9.84 Å². The predicted octanol–water partition coefficient (Wildman–Crippen LogP) is 1.53. The van der Waals surface area contributed by atoms with Crippen molar-refractivity contribution in [3.05, 3.63) is 52.0 Å². The molecule has 0 spiro atoms. The van der Waals surface area contributed by atoms with Gasteiger partial charge in [0.05, 0.1) is 29.9 Å². The molecule has 33 heavy (non-hydrogen) atoms. The maximum atomic E-state index is 11.1. The zero-order valence-electron chi connectivity index (χ0n) is 19.0. The number of aromatic nitrogens is 2. The van der Waals surface area contributed by atoms with Crippen LogP contribution in [-0.2, 0) is 0 Å². The second-order valence-electron chi connectivity index (χ2n) is 8.93. The Kier molecular flexibility index (Phi) is 6.87. The standard InChI is InChI=1S/C25H31N5O2S/c1-32-20-4-5-23-22(11-20)21(6-8-27-23)24(31)16-29-9-2-3-18(14-29)12-26-17-30-10-7-25-19(15-30)13-28-33-25/h4-8,11,13,15,18,24,26,31H,2-3,9-10,12,14,16-17H2,1H3/t18-,24?/m0/s1. The maximum absolute atomic E-state index is 11.1. The number of rotatable bonds is 8. The molecule has 0 bridgehead atoms. The van der Waals surface area contributed by atoms with Gasteiger partial charge < -0.3 is 19.6 Å². The Balaban J connectivity index is 1.15. The fourth-order valence-electron chi connectivity index (χ4n) is 4.87. The number of fused-ring (bicyclic) bond motifs is 2. The fourth-order valence-corrected chi connectivity index (χ4v) is 5.51. The van der Waals surface area contributed by atoms with Crippen LogP contribution in [0.4, 0.5) is 0 Å². The first-order chi connectivity index (χ1) is 16.2. The van der Waals surface area contributed by atoms with E-state index in [4.69, 9.17) is 4.74 Å². The maximum Gasteiger partial charge on any atom is 0.119 e. The minimum absolute atomic E-state index is 0.554. The predicted molar refractivity (Wildman–Crippen MR) is 132 cm³/mol. The van der Waals surface area contributed by atoms with Crippen LogP contribution < -0.4 is 19.8 Å². The summed E-state index contributed by atoms with van der Waals surface area (Å²) in [5.41, 5.74) is 1.79. The molecule has 1 aromatic carbocycles. The van der Waals surface area contributed by atoms with Crippen molar-refractivity contribution in [3.8, 4) is 5.75 Å². The Bertz CT molecular complexity index is 1210. The number of β-amino-alcohol motifs (C(OH)–C–C–N with tert-alkyl or cyclic N) is 1. The third kappa shape index (κ3) is 5.19. The topological polar surface area (TPSA) is 73.8 Å². The second-order valence-corrected chi connectivity index (χ2v) is 9.76. The highest BCUT2D eigenvalue weighted by atomic mass is 32.1. The molecule has 4 heterocycles. The third-order valence-electron chi connectivity index (χ3n) is 6.58. The lowest BCUT2D eigenvalue weighted by atomic mass is 9.96. The van der Waals surface area contributed by atoms with E-state index < -0.39 is 6.10 Å². The molecule has 1 unspecified atom stereocenters. The Morgan fingerprint density at radius 3 is 3.18 bits per heavy atom. The molecule has 8 heteroatoms. The van der Waals surface area contributed by atoms with Crippen molar-refractivity contribution in [3.63, 3.8) is 0 Å². The van der Waals surface area contributed by atoms with E-state index in [1.807, 2.05) is 30.5 Å². The lowest BCUT2D eigenvalue weighted by Gasteiger charge is -2.34. The molecule has 2 aliphatic heterocycles. The first-order valence-electron chi connectivity index (χ1n) is 11.6. The highest BCUT2D eigenvalue weighted by Crippen LogP contribution is 2.28. The first kappa shape index (κ1) is 22.3. The second kappa shape index (κ2) is 10.2. The highest BCUT2D eigenvalue weighted by molar-refractivity contribution is 7.03. The monoisotopic (exact) mass is 465 g/mol. The number of nitrogens with one attached hydrogen (secondary N) is 1. The van der Waals surface area contributed by atoms with Gasteiger partial charge in [0.2, 0.25) is 0 Å². The molecule has 2 atom stereocenters. The van der Waals surface area contributed by atoms with Crippen molar-refractivity contribution >= 4 is 34.7 Å².